The molecule has 0 radical (unpaired) electrons. The largest absolute Gasteiger partial charge is 0.206 e. The van der Waals surface area contributed by atoms with Gasteiger partial charge in [-0.05, 0) is 25.1 Å². The van der Waals surface area contributed by atoms with E-state index >= 15 is 0 Å². The van der Waals surface area contributed by atoms with Crippen LogP contribution in [0.3, 0.4) is 0 Å². The Morgan fingerprint density at radius 2 is 1.73 bits per heavy atom. The van der Waals surface area contributed by atoms with Gasteiger partial charge in [0.15, 0.2) is 0 Å². The number of benzene rings is 1. The van der Waals surface area contributed by atoms with E-state index in [-0.39, 0.29) is 5.56 Å². The molecule has 0 aliphatic rings. The molecule has 0 saturated carbocycles. The van der Waals surface area contributed by atoms with Gasteiger partial charge in [0, 0.05) is 5.56 Å². The Morgan fingerprint density at radius 3 is 2.33 bits per heavy atom. The summed E-state index contributed by atoms with van der Waals surface area (Å²) in [5.41, 5.74) is 0.881. The third-order valence-corrected chi connectivity index (χ3v) is 2.14. The van der Waals surface area contributed by atoms with Gasteiger partial charge in [0.25, 0.3) is 0 Å². The van der Waals surface area contributed by atoms with E-state index in [0.29, 0.717) is 11.3 Å². The van der Waals surface area contributed by atoms with Crippen LogP contribution >= 0.6 is 0 Å². The van der Waals surface area contributed by atoms with E-state index in [0.717, 1.165) is 0 Å². The number of rotatable bonds is 1. The highest BCUT2D eigenvalue weighted by Gasteiger charge is 2.13. The van der Waals surface area contributed by atoms with Gasteiger partial charge in [-0.1, -0.05) is 6.07 Å². The molecule has 2 aromatic rings. The van der Waals surface area contributed by atoms with E-state index in [1.807, 2.05) is 0 Å². The third-order valence-electron chi connectivity index (χ3n) is 2.14. The van der Waals surface area contributed by atoms with Crippen LogP contribution in [-0.4, -0.2) is 10.2 Å². The Bertz CT molecular complexity index is 477. The summed E-state index contributed by atoms with van der Waals surface area (Å²) in [6.07, 6.45) is 1.41. The van der Waals surface area contributed by atoms with Crippen molar-refractivity contribution in [3.05, 3.63) is 47.8 Å². The Balaban J connectivity index is 2.69. The van der Waals surface area contributed by atoms with Crippen molar-refractivity contribution >= 4 is 0 Å². The topological polar surface area (TPSA) is 25.8 Å². The molecule has 0 atom stereocenters. The van der Waals surface area contributed by atoms with Gasteiger partial charge >= 0.3 is 0 Å². The van der Waals surface area contributed by atoms with Crippen LogP contribution < -0.4 is 0 Å². The summed E-state index contributed by atoms with van der Waals surface area (Å²) in [7, 11) is 0. The summed E-state index contributed by atoms with van der Waals surface area (Å²) in [5.74, 6) is -1.18. The van der Waals surface area contributed by atoms with Crippen LogP contribution in [0.4, 0.5) is 8.78 Å². The predicted octanol–water partition coefficient (Wildman–Crippen LogP) is 2.73. The lowest BCUT2D eigenvalue weighted by molar-refractivity contribution is 0.589. The summed E-state index contributed by atoms with van der Waals surface area (Å²) in [5, 5.41) is 7.39. The van der Waals surface area contributed by atoms with E-state index < -0.39 is 11.6 Å². The molecule has 0 aliphatic carbocycles. The Kier molecular flexibility index (Phi) is 2.41. The van der Waals surface area contributed by atoms with Crippen LogP contribution in [0.25, 0.3) is 11.1 Å². The molecule has 0 N–H and O–H groups in total. The van der Waals surface area contributed by atoms with Crippen molar-refractivity contribution in [3.8, 4) is 11.1 Å². The number of hydrogen-bond donors (Lipinski definition) is 0. The molecule has 2 nitrogen and oxygen atoms in total. The zero-order valence-corrected chi connectivity index (χ0v) is 8.04. The summed E-state index contributed by atoms with van der Waals surface area (Å²) in [6.45, 7) is 1.66. The van der Waals surface area contributed by atoms with Crippen molar-refractivity contribution < 1.29 is 8.78 Å². The summed E-state index contributed by atoms with van der Waals surface area (Å²) in [4.78, 5) is 0. The molecule has 0 saturated heterocycles. The van der Waals surface area contributed by atoms with Crippen LogP contribution in [0, 0.1) is 18.6 Å². The lowest BCUT2D eigenvalue weighted by atomic mass is 10.0. The highest BCUT2D eigenvalue weighted by molar-refractivity contribution is 5.66. The molecule has 1 aromatic carbocycles. The van der Waals surface area contributed by atoms with Gasteiger partial charge < -0.3 is 0 Å². The molecule has 0 aliphatic heterocycles. The summed E-state index contributed by atoms with van der Waals surface area (Å²) < 4.78 is 26.9. The van der Waals surface area contributed by atoms with Crippen molar-refractivity contribution in [2.24, 2.45) is 0 Å². The first-order valence-corrected chi connectivity index (χ1v) is 4.43. The van der Waals surface area contributed by atoms with Crippen LogP contribution in [0.5, 0.6) is 0 Å². The van der Waals surface area contributed by atoms with E-state index in [1.165, 1.54) is 24.4 Å². The van der Waals surface area contributed by atoms with Gasteiger partial charge in [-0.15, -0.1) is 0 Å². The van der Waals surface area contributed by atoms with Crippen molar-refractivity contribution in [1.82, 2.24) is 10.2 Å². The molecule has 0 fully saturated rings. The van der Waals surface area contributed by atoms with E-state index in [2.05, 4.69) is 10.2 Å². The average molecular weight is 206 g/mol. The number of hydrogen-bond acceptors (Lipinski definition) is 2. The van der Waals surface area contributed by atoms with Crippen molar-refractivity contribution in [2.45, 2.75) is 6.92 Å². The molecule has 1 heterocycles. The highest BCUT2D eigenvalue weighted by Crippen LogP contribution is 2.26. The van der Waals surface area contributed by atoms with Gasteiger partial charge in [0.2, 0.25) is 0 Å². The van der Waals surface area contributed by atoms with Crippen LogP contribution in [0.1, 0.15) is 5.69 Å². The molecule has 0 spiro atoms. The van der Waals surface area contributed by atoms with E-state index in [4.69, 9.17) is 0 Å². The van der Waals surface area contributed by atoms with Crippen molar-refractivity contribution in [2.75, 3.05) is 0 Å². The second-order valence-electron chi connectivity index (χ2n) is 3.13. The zero-order valence-electron chi connectivity index (χ0n) is 8.04. The Morgan fingerprint density at radius 1 is 1.07 bits per heavy atom. The fourth-order valence-corrected chi connectivity index (χ4v) is 1.42. The minimum absolute atomic E-state index is 0.0510. The molecular weight excluding hydrogens is 198 g/mol. The maximum atomic E-state index is 13.4. The second kappa shape index (κ2) is 3.73. The summed E-state index contributed by atoms with van der Waals surface area (Å²) in [6, 6.07) is 5.32. The number of halogens is 2. The number of nitrogens with zero attached hydrogens (tertiary/aromatic N) is 2. The molecule has 0 bridgehead atoms. The minimum atomic E-state index is -0.592. The zero-order chi connectivity index (χ0) is 10.8. The molecule has 76 valence electrons. The highest BCUT2D eigenvalue weighted by atomic mass is 19.1. The van der Waals surface area contributed by atoms with Gasteiger partial charge in [-0.2, -0.15) is 10.2 Å². The summed E-state index contributed by atoms with van der Waals surface area (Å²) >= 11 is 0. The molecule has 0 unspecified atom stereocenters. The number of aryl methyl sites for hydroxylation is 1. The smallest absolute Gasteiger partial charge is 0.134 e. The van der Waals surface area contributed by atoms with E-state index in [9.17, 15) is 8.78 Å². The quantitative estimate of drug-likeness (QED) is 0.716. The first-order chi connectivity index (χ1) is 7.20. The van der Waals surface area contributed by atoms with Gasteiger partial charge in [-0.25, -0.2) is 8.78 Å². The molecule has 2 rings (SSSR count). The van der Waals surface area contributed by atoms with Gasteiger partial charge in [-0.3, -0.25) is 0 Å². The van der Waals surface area contributed by atoms with Gasteiger partial charge in [0.1, 0.15) is 11.6 Å². The van der Waals surface area contributed by atoms with Crippen LogP contribution in [0.15, 0.2) is 30.5 Å². The third kappa shape index (κ3) is 1.70. The predicted molar refractivity (Wildman–Crippen MR) is 52.1 cm³/mol. The average Bonchev–Trinajstić information content (AvgIpc) is 2.20. The maximum absolute atomic E-state index is 13.4. The van der Waals surface area contributed by atoms with E-state index in [1.54, 1.807) is 13.0 Å². The molecular formula is C11H8F2N2. The second-order valence-corrected chi connectivity index (χ2v) is 3.13. The molecule has 15 heavy (non-hydrogen) atoms. The fraction of sp³-hybridized carbons (Fsp3) is 0.0909. The number of aromatic nitrogens is 2. The van der Waals surface area contributed by atoms with Crippen molar-refractivity contribution in [1.29, 1.82) is 0 Å². The van der Waals surface area contributed by atoms with Crippen LogP contribution in [-0.2, 0) is 0 Å². The Labute approximate surface area is 85.6 Å². The van der Waals surface area contributed by atoms with Crippen LogP contribution in [0.2, 0.25) is 0 Å². The SMILES string of the molecule is Cc1nnccc1-c1c(F)cccc1F. The molecule has 0 amide bonds. The lowest BCUT2D eigenvalue weighted by Crippen LogP contribution is -1.95. The van der Waals surface area contributed by atoms with Gasteiger partial charge in [0.05, 0.1) is 17.5 Å². The minimum Gasteiger partial charge on any atom is -0.206 e. The fourth-order valence-electron chi connectivity index (χ4n) is 1.42. The monoisotopic (exact) mass is 206 g/mol. The normalized spacial score (nSPS) is 10.3. The first kappa shape index (κ1) is 9.71. The lowest BCUT2D eigenvalue weighted by Gasteiger charge is -2.06. The maximum Gasteiger partial charge on any atom is 0.134 e. The Hall–Kier alpha value is -1.84. The molecule has 4 heteroatoms. The van der Waals surface area contributed by atoms with Crippen molar-refractivity contribution in [3.63, 3.8) is 0 Å². The molecule has 1 aromatic heterocycles. The standard InChI is InChI=1S/C11H8F2N2/c1-7-8(5-6-14-15-7)11-9(12)3-2-4-10(11)13/h2-6H,1H3. The first-order valence-electron chi connectivity index (χ1n) is 4.43.